The molecule has 1 aromatic rings. The molecule has 0 saturated carbocycles. The number of hydrogen-bond donors (Lipinski definition) is 0. The highest BCUT2D eigenvalue weighted by Gasteiger charge is 2.45. The summed E-state index contributed by atoms with van der Waals surface area (Å²) in [5.74, 6) is -4.09. The lowest BCUT2D eigenvalue weighted by molar-refractivity contribution is -0.192. The van der Waals surface area contributed by atoms with Gasteiger partial charge in [-0.05, 0) is 6.07 Å². The molecular formula is C9H7F6N. The molecule has 1 rings (SSSR count). The highest BCUT2D eigenvalue weighted by atomic mass is 19.4. The maximum absolute atomic E-state index is 13.0. The molecule has 0 atom stereocenters. The van der Waals surface area contributed by atoms with Crippen LogP contribution in [0.3, 0.4) is 0 Å². The van der Waals surface area contributed by atoms with Crippen LogP contribution in [0.25, 0.3) is 0 Å². The fraction of sp³-hybridized carbons (Fsp3) is 0.444. The number of pyridine rings is 1. The first-order valence-corrected chi connectivity index (χ1v) is 4.20. The lowest BCUT2D eigenvalue weighted by Gasteiger charge is -2.17. The summed E-state index contributed by atoms with van der Waals surface area (Å²) in [5.41, 5.74) is -0.978. The fourth-order valence-corrected chi connectivity index (χ4v) is 1.06. The Morgan fingerprint density at radius 1 is 1.06 bits per heavy atom. The lowest BCUT2D eigenvalue weighted by Crippen LogP contribution is -2.24. The van der Waals surface area contributed by atoms with Crippen molar-refractivity contribution in [2.75, 3.05) is 0 Å². The zero-order valence-electron chi connectivity index (χ0n) is 7.86. The Hall–Kier alpha value is -1.27. The molecule has 0 aliphatic carbocycles. The molecule has 0 N–H and O–H groups in total. The second-order valence-electron chi connectivity index (χ2n) is 3.18. The molecule has 90 valence electrons. The normalized spacial score (nSPS) is 12.9. The average Bonchev–Trinajstić information content (AvgIpc) is 2.14. The van der Waals surface area contributed by atoms with Crippen molar-refractivity contribution >= 4 is 0 Å². The van der Waals surface area contributed by atoms with Crippen LogP contribution in [0.4, 0.5) is 26.3 Å². The van der Waals surface area contributed by atoms with Gasteiger partial charge in [-0.15, -0.1) is 0 Å². The third kappa shape index (κ3) is 3.39. The summed E-state index contributed by atoms with van der Waals surface area (Å²) in [6, 6.07) is 1.67. The molecule has 0 fully saturated rings. The van der Waals surface area contributed by atoms with Crippen molar-refractivity contribution in [3.8, 4) is 0 Å². The maximum Gasteiger partial charge on any atom is 0.395 e. The number of aromatic nitrogens is 1. The van der Waals surface area contributed by atoms with Crippen LogP contribution in [0.5, 0.6) is 0 Å². The van der Waals surface area contributed by atoms with Gasteiger partial charge in [0.15, 0.2) is 0 Å². The summed E-state index contributed by atoms with van der Waals surface area (Å²) in [5, 5.41) is 0. The van der Waals surface area contributed by atoms with Crippen LogP contribution < -0.4 is 0 Å². The van der Waals surface area contributed by atoms with Crippen molar-refractivity contribution in [2.45, 2.75) is 25.2 Å². The molecule has 0 spiro atoms. The zero-order valence-corrected chi connectivity index (χ0v) is 7.86. The summed E-state index contributed by atoms with van der Waals surface area (Å²) in [6.07, 6.45) is -6.47. The standard InChI is InChI=1S/C9H7F6N/c10-3-6-1-2-7(16-4-6)8(11,12)5-9(13,14)15/h1-2,4H,3,5H2. The summed E-state index contributed by atoms with van der Waals surface area (Å²) in [4.78, 5) is 3.12. The summed E-state index contributed by atoms with van der Waals surface area (Å²) >= 11 is 0. The highest BCUT2D eigenvalue weighted by molar-refractivity contribution is 5.16. The molecule has 0 radical (unpaired) electrons. The second-order valence-corrected chi connectivity index (χ2v) is 3.18. The van der Waals surface area contributed by atoms with Crippen LogP contribution in [-0.4, -0.2) is 11.2 Å². The SMILES string of the molecule is FCc1ccc(C(F)(F)CC(F)(F)F)nc1. The Morgan fingerprint density at radius 2 is 1.69 bits per heavy atom. The third-order valence-electron chi connectivity index (χ3n) is 1.78. The minimum atomic E-state index is -4.98. The van der Waals surface area contributed by atoms with Gasteiger partial charge >= 0.3 is 6.18 Å². The first-order valence-electron chi connectivity index (χ1n) is 4.20. The zero-order chi connectivity index (χ0) is 12.4. The Bertz CT molecular complexity index is 342. The molecule has 0 unspecified atom stereocenters. The van der Waals surface area contributed by atoms with Gasteiger partial charge in [-0.1, -0.05) is 6.07 Å². The first-order chi connectivity index (χ1) is 7.24. The predicted molar refractivity (Wildman–Crippen MR) is 43.6 cm³/mol. The lowest BCUT2D eigenvalue weighted by atomic mass is 10.1. The molecule has 0 saturated heterocycles. The van der Waals surface area contributed by atoms with Gasteiger partial charge in [-0.3, -0.25) is 4.98 Å². The van der Waals surface area contributed by atoms with Gasteiger partial charge in [-0.25, -0.2) is 4.39 Å². The monoisotopic (exact) mass is 243 g/mol. The predicted octanol–water partition coefficient (Wildman–Crippen LogP) is 3.60. The molecular weight excluding hydrogens is 236 g/mol. The van der Waals surface area contributed by atoms with Crippen LogP contribution in [0.1, 0.15) is 17.7 Å². The van der Waals surface area contributed by atoms with Crippen LogP contribution in [0, 0.1) is 0 Å². The van der Waals surface area contributed by atoms with E-state index in [9.17, 15) is 26.3 Å². The van der Waals surface area contributed by atoms with E-state index in [4.69, 9.17) is 0 Å². The Balaban J connectivity index is 2.89. The average molecular weight is 243 g/mol. The van der Waals surface area contributed by atoms with Gasteiger partial charge in [0.2, 0.25) is 0 Å². The number of nitrogens with zero attached hydrogens (tertiary/aromatic N) is 1. The van der Waals surface area contributed by atoms with Crippen molar-refractivity contribution in [3.63, 3.8) is 0 Å². The topological polar surface area (TPSA) is 12.9 Å². The molecule has 0 aromatic carbocycles. The van der Waals surface area contributed by atoms with Gasteiger partial charge in [0.25, 0.3) is 5.92 Å². The van der Waals surface area contributed by atoms with Crippen LogP contribution in [-0.2, 0) is 12.6 Å². The first kappa shape index (κ1) is 12.8. The smallest absolute Gasteiger partial charge is 0.255 e. The minimum Gasteiger partial charge on any atom is -0.255 e. The van der Waals surface area contributed by atoms with E-state index in [0.29, 0.717) is 6.07 Å². The van der Waals surface area contributed by atoms with Crippen molar-refractivity contribution in [1.29, 1.82) is 0 Å². The van der Waals surface area contributed by atoms with Gasteiger partial charge < -0.3 is 0 Å². The minimum absolute atomic E-state index is 0.0339. The number of alkyl halides is 6. The van der Waals surface area contributed by atoms with Crippen LogP contribution in [0.2, 0.25) is 0 Å². The van der Waals surface area contributed by atoms with E-state index in [2.05, 4.69) is 4.98 Å². The van der Waals surface area contributed by atoms with E-state index < -0.39 is 30.9 Å². The van der Waals surface area contributed by atoms with Gasteiger partial charge in [0, 0.05) is 11.8 Å². The Labute approximate surface area is 87.1 Å². The van der Waals surface area contributed by atoms with Crippen molar-refractivity contribution in [2.24, 2.45) is 0 Å². The van der Waals surface area contributed by atoms with E-state index in [-0.39, 0.29) is 5.56 Å². The summed E-state index contributed by atoms with van der Waals surface area (Å²) < 4.78 is 73.5. The molecule has 1 heterocycles. The van der Waals surface area contributed by atoms with Crippen LogP contribution in [0.15, 0.2) is 18.3 Å². The van der Waals surface area contributed by atoms with Gasteiger partial charge in [0.1, 0.15) is 18.8 Å². The van der Waals surface area contributed by atoms with E-state index >= 15 is 0 Å². The summed E-state index contributed by atoms with van der Waals surface area (Å²) in [6.45, 7) is -0.905. The molecule has 0 bridgehead atoms. The van der Waals surface area contributed by atoms with E-state index in [1.165, 1.54) is 0 Å². The molecule has 1 nitrogen and oxygen atoms in total. The third-order valence-corrected chi connectivity index (χ3v) is 1.78. The molecule has 0 aliphatic heterocycles. The van der Waals surface area contributed by atoms with E-state index in [0.717, 1.165) is 12.3 Å². The fourth-order valence-electron chi connectivity index (χ4n) is 1.06. The summed E-state index contributed by atoms with van der Waals surface area (Å²) in [7, 11) is 0. The quantitative estimate of drug-likeness (QED) is 0.739. The van der Waals surface area contributed by atoms with Crippen LogP contribution >= 0.6 is 0 Å². The van der Waals surface area contributed by atoms with Crippen molar-refractivity contribution in [3.05, 3.63) is 29.6 Å². The van der Waals surface area contributed by atoms with Crippen molar-refractivity contribution < 1.29 is 26.3 Å². The molecule has 0 amide bonds. The van der Waals surface area contributed by atoms with Gasteiger partial charge in [0.05, 0.1) is 0 Å². The Kier molecular flexibility index (Phi) is 3.44. The van der Waals surface area contributed by atoms with Crippen molar-refractivity contribution in [1.82, 2.24) is 4.98 Å². The molecule has 1 aromatic heterocycles. The van der Waals surface area contributed by atoms with E-state index in [1.54, 1.807) is 0 Å². The molecule has 16 heavy (non-hydrogen) atoms. The molecule has 7 heteroatoms. The maximum atomic E-state index is 13.0. The highest BCUT2D eigenvalue weighted by Crippen LogP contribution is 2.38. The largest absolute Gasteiger partial charge is 0.395 e. The molecule has 0 aliphatic rings. The number of hydrogen-bond acceptors (Lipinski definition) is 1. The number of halogens is 6. The van der Waals surface area contributed by atoms with E-state index in [1.807, 2.05) is 0 Å². The Morgan fingerprint density at radius 3 is 2.06 bits per heavy atom. The second kappa shape index (κ2) is 4.31. The van der Waals surface area contributed by atoms with Gasteiger partial charge in [-0.2, -0.15) is 22.0 Å². The number of rotatable bonds is 3.